The van der Waals surface area contributed by atoms with Crippen molar-refractivity contribution < 1.29 is 22.6 Å². The number of hydrogen-bond acceptors (Lipinski definition) is 3. The molecule has 0 aliphatic rings. The smallest absolute Gasteiger partial charge is 0.394 e. The molecule has 0 radical (unpaired) electrons. The molecule has 5 nitrogen and oxygen atoms in total. The van der Waals surface area contributed by atoms with Crippen LogP contribution in [-0.2, 0) is 10.4 Å². The molecule has 11 heavy (non-hydrogen) atoms. The molecule has 0 amide bonds. The van der Waals surface area contributed by atoms with Crippen LogP contribution in [0, 0.1) is 0 Å². The van der Waals surface area contributed by atoms with Crippen molar-refractivity contribution in [1.82, 2.24) is 0 Å². The summed E-state index contributed by atoms with van der Waals surface area (Å²) in [7, 11) is -3.67. The van der Waals surface area contributed by atoms with Crippen LogP contribution in [0.2, 0.25) is 0 Å². The van der Waals surface area contributed by atoms with Gasteiger partial charge in [0, 0.05) is 7.11 Å². The van der Waals surface area contributed by atoms with E-state index >= 15 is 0 Å². The Morgan fingerprint density at radius 2 is 1.09 bits per heavy atom. The molecule has 0 aliphatic carbocycles. The number of hydrogen-bond donors (Lipinski definition) is 3. The Hall–Kier alpha value is 0.700. The molecular formula is C2H7Cl3O5S. The van der Waals surface area contributed by atoms with Crippen LogP contribution in [0.25, 0.3) is 0 Å². The predicted octanol–water partition coefficient (Wildman–Crippen LogP) is 0.942. The lowest BCUT2D eigenvalue weighted by Crippen LogP contribution is -1.89. The third-order valence-corrected chi connectivity index (χ3v) is 0. The molecule has 0 atom stereocenters. The first-order chi connectivity index (χ1) is 4.73. The molecule has 0 bridgehead atoms. The lowest BCUT2D eigenvalue weighted by molar-refractivity contribution is 0.381. The molecule has 0 aromatic carbocycles. The van der Waals surface area contributed by atoms with Gasteiger partial charge in [0.2, 0.25) is 0 Å². The van der Waals surface area contributed by atoms with Gasteiger partial charge in [-0.05, 0) is 0 Å². The summed E-state index contributed by atoms with van der Waals surface area (Å²) in [6.07, 6.45) is 0. The number of aliphatic hydroxyl groups is 1. The van der Waals surface area contributed by atoms with Crippen molar-refractivity contribution >= 4 is 45.2 Å². The van der Waals surface area contributed by atoms with Crippen molar-refractivity contribution in [2.75, 3.05) is 7.11 Å². The summed E-state index contributed by atoms with van der Waals surface area (Å²) in [5, 5.41) is 7.00. The van der Waals surface area contributed by atoms with Crippen LogP contribution in [-0.4, -0.2) is 34.0 Å². The van der Waals surface area contributed by atoms with Gasteiger partial charge < -0.3 is 5.11 Å². The Kier molecular flexibility index (Phi) is 17.2. The molecule has 3 N–H and O–H groups in total. The molecule has 0 rings (SSSR count). The molecule has 72 valence electrons. The molecule has 0 heterocycles. The Morgan fingerprint density at radius 3 is 1.09 bits per heavy atom. The normalized spacial score (nSPS) is 9.09. The van der Waals surface area contributed by atoms with Gasteiger partial charge in [-0.15, -0.1) is 0 Å². The van der Waals surface area contributed by atoms with E-state index < -0.39 is 14.7 Å². The molecule has 9 heteroatoms. The maximum atomic E-state index is 8.74. The highest BCUT2D eigenvalue weighted by molar-refractivity contribution is 7.79. The molecule has 0 aliphatic heterocycles. The first kappa shape index (κ1) is 17.7. The van der Waals surface area contributed by atoms with Gasteiger partial charge in [-0.25, -0.2) is 0 Å². The molecule has 0 saturated heterocycles. The fourth-order valence-electron chi connectivity index (χ4n) is 0. The quantitative estimate of drug-likeness (QED) is 0.439. The lowest BCUT2D eigenvalue weighted by atomic mass is 11.8. The van der Waals surface area contributed by atoms with Gasteiger partial charge in [0.1, 0.15) is 0 Å². The van der Waals surface area contributed by atoms with Gasteiger partial charge in [0.15, 0.2) is 4.30 Å². The van der Waals surface area contributed by atoms with Crippen LogP contribution in [0.4, 0.5) is 0 Å². The van der Waals surface area contributed by atoms with Gasteiger partial charge in [-0.1, -0.05) is 34.8 Å². The SMILES string of the molecule is CO.ClC(Cl)Cl.O=S(=O)(O)O. The molecular weight excluding hydrogens is 242 g/mol. The third-order valence-electron chi connectivity index (χ3n) is 0. The zero-order valence-corrected chi connectivity index (χ0v) is 8.36. The molecule has 0 unspecified atom stereocenters. The minimum atomic E-state index is -4.67. The molecule has 0 saturated carbocycles. The summed E-state index contributed by atoms with van der Waals surface area (Å²) >= 11 is 14.4. The summed E-state index contributed by atoms with van der Waals surface area (Å²) in [6, 6.07) is 0. The zero-order chi connectivity index (χ0) is 10.1. The molecule has 0 fully saturated rings. The van der Waals surface area contributed by atoms with E-state index in [0.29, 0.717) is 0 Å². The largest absolute Gasteiger partial charge is 0.400 e. The van der Waals surface area contributed by atoms with Gasteiger partial charge in [-0.2, -0.15) is 8.42 Å². The van der Waals surface area contributed by atoms with Crippen LogP contribution in [0.1, 0.15) is 0 Å². The summed E-state index contributed by atoms with van der Waals surface area (Å²) < 4.78 is 30.8. The fraction of sp³-hybridized carbons (Fsp3) is 1.00. The van der Waals surface area contributed by atoms with Crippen molar-refractivity contribution in [2.45, 2.75) is 4.30 Å². The standard InChI is InChI=1S/CHCl3.CH4O.H2O4S/c2-1(3)4;1-2;1-5(2,3)4/h1H;2H,1H3;(H2,1,2,3,4). The van der Waals surface area contributed by atoms with Gasteiger partial charge >= 0.3 is 10.4 Å². The maximum Gasteiger partial charge on any atom is 0.394 e. The first-order valence-corrected chi connectivity index (χ1v) is 4.51. The molecule has 0 aromatic heterocycles. The average Bonchev–Trinajstić information content (AvgIpc) is 1.63. The van der Waals surface area contributed by atoms with E-state index in [2.05, 4.69) is 0 Å². The molecule has 0 aromatic rings. The number of rotatable bonds is 0. The average molecular weight is 249 g/mol. The second-order valence-electron chi connectivity index (χ2n) is 0.695. The van der Waals surface area contributed by atoms with Crippen molar-refractivity contribution in [3.8, 4) is 0 Å². The number of aliphatic hydroxyl groups excluding tert-OH is 1. The molecule has 0 spiro atoms. The minimum Gasteiger partial charge on any atom is -0.400 e. The van der Waals surface area contributed by atoms with Crippen molar-refractivity contribution in [3.05, 3.63) is 0 Å². The van der Waals surface area contributed by atoms with Crippen molar-refractivity contribution in [3.63, 3.8) is 0 Å². The second-order valence-corrected chi connectivity index (χ2v) is 3.57. The summed E-state index contributed by atoms with van der Waals surface area (Å²) in [5.41, 5.74) is 0. The summed E-state index contributed by atoms with van der Waals surface area (Å²) in [5.74, 6) is 0. The topological polar surface area (TPSA) is 94.8 Å². The van der Waals surface area contributed by atoms with Crippen LogP contribution in [0.5, 0.6) is 0 Å². The Morgan fingerprint density at radius 1 is 1.09 bits per heavy atom. The van der Waals surface area contributed by atoms with E-state index in [1.807, 2.05) is 0 Å². The van der Waals surface area contributed by atoms with Gasteiger partial charge in [0.25, 0.3) is 0 Å². The number of alkyl halides is 3. The van der Waals surface area contributed by atoms with Crippen LogP contribution in [0.3, 0.4) is 0 Å². The van der Waals surface area contributed by atoms with E-state index in [1.165, 1.54) is 0 Å². The lowest BCUT2D eigenvalue weighted by Gasteiger charge is -1.69. The highest BCUT2D eigenvalue weighted by Crippen LogP contribution is 2.03. The van der Waals surface area contributed by atoms with Crippen LogP contribution >= 0.6 is 34.8 Å². The van der Waals surface area contributed by atoms with E-state index in [-0.39, 0.29) is 0 Å². The van der Waals surface area contributed by atoms with E-state index in [9.17, 15) is 0 Å². The Bertz CT molecular complexity index is 131. The van der Waals surface area contributed by atoms with E-state index in [4.69, 9.17) is 57.4 Å². The monoisotopic (exact) mass is 248 g/mol. The maximum absolute atomic E-state index is 8.74. The highest BCUT2D eigenvalue weighted by atomic mass is 35.6. The van der Waals surface area contributed by atoms with Crippen molar-refractivity contribution in [2.24, 2.45) is 0 Å². The highest BCUT2D eigenvalue weighted by Gasteiger charge is 1.84. The minimum absolute atomic E-state index is 0.750. The first-order valence-electron chi connectivity index (χ1n) is 1.80. The Labute approximate surface area is 79.5 Å². The summed E-state index contributed by atoms with van der Waals surface area (Å²) in [6.45, 7) is 0. The second kappa shape index (κ2) is 10.7. The van der Waals surface area contributed by atoms with E-state index in [1.54, 1.807) is 0 Å². The van der Waals surface area contributed by atoms with E-state index in [0.717, 1.165) is 7.11 Å². The van der Waals surface area contributed by atoms with Crippen molar-refractivity contribution in [1.29, 1.82) is 0 Å². The predicted molar refractivity (Wildman–Crippen MR) is 43.7 cm³/mol. The fourth-order valence-corrected chi connectivity index (χ4v) is 0. The zero-order valence-electron chi connectivity index (χ0n) is 5.28. The van der Waals surface area contributed by atoms with Gasteiger partial charge in [0.05, 0.1) is 0 Å². The third kappa shape index (κ3) is 1650. The Balaban J connectivity index is -0.0000000965. The summed E-state index contributed by atoms with van der Waals surface area (Å²) in [4.78, 5) is 0. The number of halogens is 3. The van der Waals surface area contributed by atoms with Gasteiger partial charge in [-0.3, -0.25) is 9.11 Å². The van der Waals surface area contributed by atoms with Crippen LogP contribution < -0.4 is 0 Å². The van der Waals surface area contributed by atoms with Crippen LogP contribution in [0.15, 0.2) is 0 Å².